The van der Waals surface area contributed by atoms with Crippen molar-refractivity contribution in [3.05, 3.63) is 49.9 Å². The largest absolute Gasteiger partial charge is 0.344 e. The number of nitrogens with one attached hydrogen (secondary N) is 1. The second-order valence-corrected chi connectivity index (χ2v) is 6.83. The fourth-order valence-electron chi connectivity index (χ4n) is 2.65. The molecule has 0 saturated heterocycles. The van der Waals surface area contributed by atoms with E-state index in [9.17, 15) is 4.79 Å². The van der Waals surface area contributed by atoms with Crippen molar-refractivity contribution in [3.8, 4) is 0 Å². The zero-order valence-corrected chi connectivity index (χ0v) is 15.1. The first kappa shape index (κ1) is 17.4. The minimum atomic E-state index is -0.104. The molecular formula is C15H17BrClN3OS. The van der Waals surface area contributed by atoms with Gasteiger partial charge in [0.15, 0.2) is 0 Å². The van der Waals surface area contributed by atoms with Crippen LogP contribution in [-0.4, -0.2) is 17.4 Å². The lowest BCUT2D eigenvalue weighted by atomic mass is 10.1. The van der Waals surface area contributed by atoms with E-state index in [4.69, 9.17) is 5.73 Å². The van der Waals surface area contributed by atoms with Crippen LogP contribution in [0.1, 0.15) is 39.1 Å². The Bertz CT molecular complexity index is 677. The molecule has 1 unspecified atom stereocenters. The van der Waals surface area contributed by atoms with Crippen molar-refractivity contribution in [2.45, 2.75) is 25.3 Å². The molecule has 1 aliphatic rings. The second kappa shape index (κ2) is 7.55. The van der Waals surface area contributed by atoms with Crippen molar-refractivity contribution in [2.24, 2.45) is 5.73 Å². The van der Waals surface area contributed by atoms with Crippen LogP contribution in [0, 0.1) is 0 Å². The number of nitrogens with two attached hydrogens (primary N) is 1. The first-order valence-corrected chi connectivity index (χ1v) is 8.59. The predicted molar refractivity (Wildman–Crippen MR) is 94.8 cm³/mol. The second-order valence-electron chi connectivity index (χ2n) is 5.04. The number of thiazole rings is 1. The zero-order chi connectivity index (χ0) is 14.8. The molecule has 1 aromatic carbocycles. The number of halogens is 2. The van der Waals surface area contributed by atoms with Crippen molar-refractivity contribution < 1.29 is 4.79 Å². The van der Waals surface area contributed by atoms with Crippen molar-refractivity contribution in [1.82, 2.24) is 10.3 Å². The highest BCUT2D eigenvalue weighted by atomic mass is 79.9. The molecule has 1 atom stereocenters. The fraction of sp³-hybridized carbons (Fsp3) is 0.333. The monoisotopic (exact) mass is 401 g/mol. The summed E-state index contributed by atoms with van der Waals surface area (Å²) in [5, 5.41) is 5.80. The zero-order valence-electron chi connectivity index (χ0n) is 11.8. The Morgan fingerprint density at radius 1 is 1.50 bits per heavy atom. The average Bonchev–Trinajstić information content (AvgIpc) is 3.08. The van der Waals surface area contributed by atoms with Crippen LogP contribution in [0.3, 0.4) is 0 Å². The SMILES string of the molecule is Cl.NCCc1nc(C(=O)NC2CCc3c(Br)cccc32)cs1. The van der Waals surface area contributed by atoms with Gasteiger partial charge in [-0.25, -0.2) is 4.98 Å². The first-order chi connectivity index (χ1) is 10.2. The molecule has 118 valence electrons. The third kappa shape index (κ3) is 3.51. The summed E-state index contributed by atoms with van der Waals surface area (Å²) in [5.41, 5.74) is 8.50. The quantitative estimate of drug-likeness (QED) is 0.825. The number of aromatic nitrogens is 1. The maximum atomic E-state index is 12.3. The summed E-state index contributed by atoms with van der Waals surface area (Å²) in [4.78, 5) is 16.6. The lowest BCUT2D eigenvalue weighted by molar-refractivity contribution is 0.0932. The van der Waals surface area contributed by atoms with Crippen LogP contribution in [-0.2, 0) is 12.8 Å². The Labute approximate surface area is 148 Å². The van der Waals surface area contributed by atoms with Gasteiger partial charge in [-0.1, -0.05) is 28.1 Å². The molecule has 22 heavy (non-hydrogen) atoms. The Balaban J connectivity index is 0.00000176. The standard InChI is InChI=1S/C15H16BrN3OS.ClH/c16-11-3-1-2-10-9(11)4-5-12(10)19-15(20)13-8-21-14(18-13)6-7-17;/h1-3,8,12H,4-7,17H2,(H,19,20);1H. The molecule has 1 amide bonds. The normalized spacial score (nSPS) is 16.0. The number of nitrogens with zero attached hydrogens (tertiary/aromatic N) is 1. The van der Waals surface area contributed by atoms with Crippen LogP contribution in [0.5, 0.6) is 0 Å². The number of benzene rings is 1. The molecular weight excluding hydrogens is 386 g/mol. The molecule has 4 nitrogen and oxygen atoms in total. The first-order valence-electron chi connectivity index (χ1n) is 6.91. The van der Waals surface area contributed by atoms with Crippen LogP contribution in [0.25, 0.3) is 0 Å². The molecule has 7 heteroatoms. The molecule has 0 saturated carbocycles. The summed E-state index contributed by atoms with van der Waals surface area (Å²) >= 11 is 5.06. The molecule has 0 bridgehead atoms. The van der Waals surface area contributed by atoms with Gasteiger partial charge in [-0.05, 0) is 36.6 Å². The minimum Gasteiger partial charge on any atom is -0.344 e. The van der Waals surface area contributed by atoms with Gasteiger partial charge in [0.2, 0.25) is 0 Å². The van der Waals surface area contributed by atoms with Gasteiger partial charge < -0.3 is 11.1 Å². The molecule has 1 aromatic heterocycles. The number of fused-ring (bicyclic) bond motifs is 1. The number of hydrogen-bond acceptors (Lipinski definition) is 4. The summed E-state index contributed by atoms with van der Waals surface area (Å²) in [6.45, 7) is 0.554. The molecule has 1 heterocycles. The summed E-state index contributed by atoms with van der Waals surface area (Å²) < 4.78 is 1.12. The number of carbonyl (C=O) groups excluding carboxylic acids is 1. The third-order valence-corrected chi connectivity index (χ3v) is 5.31. The molecule has 0 fully saturated rings. The summed E-state index contributed by atoms with van der Waals surface area (Å²) in [5.74, 6) is -0.104. The molecule has 3 N–H and O–H groups in total. The molecule has 1 aliphatic carbocycles. The van der Waals surface area contributed by atoms with Gasteiger partial charge in [-0.2, -0.15) is 0 Å². The smallest absolute Gasteiger partial charge is 0.271 e. The van der Waals surface area contributed by atoms with E-state index in [-0.39, 0.29) is 24.4 Å². The highest BCUT2D eigenvalue weighted by molar-refractivity contribution is 9.10. The maximum Gasteiger partial charge on any atom is 0.271 e. The average molecular weight is 403 g/mol. The van der Waals surface area contributed by atoms with Crippen molar-refractivity contribution >= 4 is 45.6 Å². The fourth-order valence-corrected chi connectivity index (χ4v) is 4.02. The highest BCUT2D eigenvalue weighted by Gasteiger charge is 2.26. The Morgan fingerprint density at radius 3 is 3.09 bits per heavy atom. The number of rotatable bonds is 4. The van der Waals surface area contributed by atoms with Gasteiger partial charge in [-0.15, -0.1) is 23.7 Å². The number of hydrogen-bond donors (Lipinski definition) is 2. The van der Waals surface area contributed by atoms with Gasteiger partial charge in [0.05, 0.1) is 11.0 Å². The van der Waals surface area contributed by atoms with E-state index in [2.05, 4.69) is 32.3 Å². The van der Waals surface area contributed by atoms with Gasteiger partial charge in [0.1, 0.15) is 5.69 Å². The molecule has 3 rings (SSSR count). The third-order valence-electron chi connectivity index (χ3n) is 3.66. The number of carbonyl (C=O) groups is 1. The lowest BCUT2D eigenvalue weighted by Crippen LogP contribution is -2.27. The van der Waals surface area contributed by atoms with E-state index in [0.29, 0.717) is 12.2 Å². The van der Waals surface area contributed by atoms with Gasteiger partial charge in [0, 0.05) is 16.3 Å². The summed E-state index contributed by atoms with van der Waals surface area (Å²) in [6, 6.07) is 6.21. The number of amides is 1. The van der Waals surface area contributed by atoms with E-state index in [0.717, 1.165) is 28.7 Å². The molecule has 0 aliphatic heterocycles. The van der Waals surface area contributed by atoms with Crippen LogP contribution < -0.4 is 11.1 Å². The minimum absolute atomic E-state index is 0. The highest BCUT2D eigenvalue weighted by Crippen LogP contribution is 2.35. The van der Waals surface area contributed by atoms with Crippen LogP contribution >= 0.6 is 39.7 Å². The van der Waals surface area contributed by atoms with Crippen molar-refractivity contribution in [2.75, 3.05) is 6.54 Å². The summed E-state index contributed by atoms with van der Waals surface area (Å²) in [6.07, 6.45) is 2.64. The van der Waals surface area contributed by atoms with Gasteiger partial charge in [0.25, 0.3) is 5.91 Å². The van der Waals surface area contributed by atoms with Crippen LogP contribution in [0.4, 0.5) is 0 Å². The van der Waals surface area contributed by atoms with Crippen LogP contribution in [0.15, 0.2) is 28.1 Å². The van der Waals surface area contributed by atoms with Crippen LogP contribution in [0.2, 0.25) is 0 Å². The Morgan fingerprint density at radius 2 is 2.32 bits per heavy atom. The molecule has 0 radical (unpaired) electrons. The van der Waals surface area contributed by atoms with Gasteiger partial charge >= 0.3 is 0 Å². The van der Waals surface area contributed by atoms with Crippen molar-refractivity contribution in [3.63, 3.8) is 0 Å². The van der Waals surface area contributed by atoms with E-state index in [1.165, 1.54) is 22.5 Å². The predicted octanol–water partition coefficient (Wildman–Crippen LogP) is 3.25. The molecule has 0 spiro atoms. The van der Waals surface area contributed by atoms with Gasteiger partial charge in [-0.3, -0.25) is 4.79 Å². The van der Waals surface area contributed by atoms with E-state index in [1.54, 1.807) is 5.38 Å². The van der Waals surface area contributed by atoms with Crippen molar-refractivity contribution in [1.29, 1.82) is 0 Å². The lowest BCUT2D eigenvalue weighted by Gasteiger charge is -2.13. The Kier molecular flexibility index (Phi) is 5.97. The summed E-state index contributed by atoms with van der Waals surface area (Å²) in [7, 11) is 0. The Hall–Kier alpha value is -0.950. The van der Waals surface area contributed by atoms with E-state index < -0.39 is 0 Å². The topological polar surface area (TPSA) is 68.0 Å². The molecule has 2 aromatic rings. The maximum absolute atomic E-state index is 12.3. The van der Waals surface area contributed by atoms with E-state index >= 15 is 0 Å². The van der Waals surface area contributed by atoms with E-state index in [1.807, 2.05) is 12.1 Å².